The van der Waals surface area contributed by atoms with Gasteiger partial charge in [0, 0.05) is 32.3 Å². The Labute approximate surface area is 163 Å². The zero-order valence-electron chi connectivity index (χ0n) is 15.7. The van der Waals surface area contributed by atoms with Gasteiger partial charge in [-0.1, -0.05) is 43.0 Å². The molecule has 1 aromatic carbocycles. The van der Waals surface area contributed by atoms with Gasteiger partial charge in [0.05, 0.1) is 11.1 Å². The average molecular weight is 373 g/mol. The topological polar surface area (TPSA) is 82.1 Å². The number of hydrogen-bond donors (Lipinski definition) is 2. The van der Waals surface area contributed by atoms with Crippen molar-refractivity contribution in [2.24, 2.45) is 4.99 Å². The molecule has 0 amide bonds. The highest BCUT2D eigenvalue weighted by atomic mass is 15.3. The molecule has 1 aliphatic rings. The molecule has 0 atom stereocenters. The highest BCUT2D eigenvalue weighted by Gasteiger charge is 2.24. The Bertz CT molecular complexity index is 1020. The number of allylic oxidation sites excluding steroid dienone is 1. The van der Waals surface area contributed by atoms with Crippen LogP contribution in [0.5, 0.6) is 0 Å². The van der Waals surface area contributed by atoms with E-state index in [1.54, 1.807) is 12.3 Å². The first-order valence-electron chi connectivity index (χ1n) is 9.33. The number of rotatable bonds is 8. The Morgan fingerprint density at radius 3 is 2.93 bits per heavy atom. The van der Waals surface area contributed by atoms with E-state index in [4.69, 9.17) is 4.98 Å². The molecule has 2 N–H and O–H groups in total. The van der Waals surface area contributed by atoms with Crippen molar-refractivity contribution in [3.63, 3.8) is 0 Å². The molecule has 3 aromatic rings. The summed E-state index contributed by atoms with van der Waals surface area (Å²) in [5, 5.41) is 11.8. The molecular formula is C21H23N7. The molecule has 1 aliphatic heterocycles. The van der Waals surface area contributed by atoms with Crippen LogP contribution in [0.3, 0.4) is 0 Å². The predicted molar refractivity (Wildman–Crippen MR) is 114 cm³/mol. The third-order valence-corrected chi connectivity index (χ3v) is 4.83. The molecule has 28 heavy (non-hydrogen) atoms. The smallest absolute Gasteiger partial charge is 0.226 e. The van der Waals surface area contributed by atoms with Gasteiger partial charge in [-0.15, -0.1) is 0 Å². The fourth-order valence-corrected chi connectivity index (χ4v) is 3.42. The summed E-state index contributed by atoms with van der Waals surface area (Å²) in [5.74, 6) is 1.51. The highest BCUT2D eigenvalue weighted by Crippen LogP contribution is 2.32. The van der Waals surface area contributed by atoms with Crippen molar-refractivity contribution in [2.45, 2.75) is 19.4 Å². The summed E-state index contributed by atoms with van der Waals surface area (Å²) < 4.78 is 0. The lowest BCUT2D eigenvalue weighted by Gasteiger charge is -2.28. The monoisotopic (exact) mass is 373 g/mol. The zero-order valence-corrected chi connectivity index (χ0v) is 15.7. The fraction of sp³-hybridized carbons (Fsp3) is 0.238. The van der Waals surface area contributed by atoms with Gasteiger partial charge in [-0.2, -0.15) is 15.1 Å². The maximum atomic E-state index is 4.81. The van der Waals surface area contributed by atoms with Crippen LogP contribution in [0.2, 0.25) is 0 Å². The van der Waals surface area contributed by atoms with Crippen LogP contribution in [-0.4, -0.2) is 40.0 Å². The van der Waals surface area contributed by atoms with E-state index in [0.29, 0.717) is 18.1 Å². The molecule has 0 bridgehead atoms. The van der Waals surface area contributed by atoms with E-state index in [2.05, 4.69) is 68.0 Å². The summed E-state index contributed by atoms with van der Waals surface area (Å²) in [6.45, 7) is 9.66. The maximum Gasteiger partial charge on any atom is 0.226 e. The van der Waals surface area contributed by atoms with Crippen molar-refractivity contribution in [3.8, 4) is 0 Å². The van der Waals surface area contributed by atoms with Crippen LogP contribution >= 0.6 is 0 Å². The number of aromatic nitrogens is 4. The van der Waals surface area contributed by atoms with Crippen LogP contribution in [0.15, 0.2) is 59.8 Å². The number of anilines is 2. The minimum absolute atomic E-state index is 0.579. The third kappa shape index (κ3) is 3.64. The average Bonchev–Trinajstić information content (AvgIpc) is 3.14. The number of nitrogens with zero attached hydrogens (tertiary/aromatic N) is 5. The second-order valence-electron chi connectivity index (χ2n) is 6.70. The normalized spacial score (nSPS) is 13.6. The minimum Gasteiger partial charge on any atom is -0.354 e. The Balaban J connectivity index is 1.58. The van der Waals surface area contributed by atoms with Gasteiger partial charge >= 0.3 is 0 Å². The second kappa shape index (κ2) is 8.04. The van der Waals surface area contributed by atoms with Crippen LogP contribution in [0.1, 0.15) is 17.7 Å². The third-order valence-electron chi connectivity index (χ3n) is 4.83. The Morgan fingerprint density at radius 2 is 2.14 bits per heavy atom. The van der Waals surface area contributed by atoms with Crippen molar-refractivity contribution in [2.75, 3.05) is 23.3 Å². The van der Waals surface area contributed by atoms with Gasteiger partial charge < -0.3 is 10.2 Å². The fourth-order valence-electron chi connectivity index (χ4n) is 3.42. The van der Waals surface area contributed by atoms with E-state index >= 15 is 0 Å². The molecule has 3 heterocycles. The summed E-state index contributed by atoms with van der Waals surface area (Å²) >= 11 is 0. The van der Waals surface area contributed by atoms with Gasteiger partial charge in [-0.25, -0.2) is 0 Å². The van der Waals surface area contributed by atoms with E-state index in [9.17, 15) is 0 Å². The molecule has 142 valence electrons. The molecule has 0 unspecified atom stereocenters. The van der Waals surface area contributed by atoms with E-state index in [0.717, 1.165) is 48.4 Å². The molecule has 7 nitrogen and oxygen atoms in total. The molecule has 0 saturated heterocycles. The van der Waals surface area contributed by atoms with Crippen LogP contribution in [0.4, 0.5) is 11.8 Å². The van der Waals surface area contributed by atoms with Gasteiger partial charge in [0.2, 0.25) is 5.95 Å². The van der Waals surface area contributed by atoms with E-state index in [1.807, 2.05) is 6.07 Å². The Morgan fingerprint density at radius 1 is 1.29 bits per heavy atom. The number of H-pyrrole nitrogens is 1. The summed E-state index contributed by atoms with van der Waals surface area (Å²) in [4.78, 5) is 15.5. The van der Waals surface area contributed by atoms with Crippen LogP contribution in [0.25, 0.3) is 11.0 Å². The number of nitrogens with one attached hydrogen (secondary N) is 2. The van der Waals surface area contributed by atoms with Gasteiger partial charge in [-0.05, 0) is 24.3 Å². The number of hydrogen-bond acceptors (Lipinski definition) is 6. The molecule has 0 aliphatic carbocycles. The van der Waals surface area contributed by atoms with Crippen LogP contribution in [0, 0.1) is 0 Å². The quantitative estimate of drug-likeness (QED) is 0.467. The van der Waals surface area contributed by atoms with Crippen molar-refractivity contribution in [3.05, 3.63) is 66.0 Å². The van der Waals surface area contributed by atoms with Gasteiger partial charge in [0.1, 0.15) is 5.82 Å². The SMILES string of the molecule is C=C/C(=C\N=C)CCNc1nc2c3c([nH]nc3n1)CCN2Cc1ccccc1. The maximum absolute atomic E-state index is 4.81. The lowest BCUT2D eigenvalue weighted by Crippen LogP contribution is -2.29. The van der Waals surface area contributed by atoms with Crippen molar-refractivity contribution in [1.29, 1.82) is 0 Å². The van der Waals surface area contributed by atoms with Gasteiger partial charge in [0.25, 0.3) is 0 Å². The lowest BCUT2D eigenvalue weighted by atomic mass is 10.1. The summed E-state index contributed by atoms with van der Waals surface area (Å²) in [6.07, 6.45) is 5.17. The number of aromatic amines is 1. The first kappa shape index (κ1) is 17.9. The predicted octanol–water partition coefficient (Wildman–Crippen LogP) is 3.49. The van der Waals surface area contributed by atoms with E-state index < -0.39 is 0 Å². The zero-order chi connectivity index (χ0) is 19.3. The Hall–Kier alpha value is -3.48. The molecule has 0 radical (unpaired) electrons. The Kier molecular flexibility index (Phi) is 5.14. The molecular weight excluding hydrogens is 350 g/mol. The van der Waals surface area contributed by atoms with E-state index in [1.165, 1.54) is 5.56 Å². The van der Waals surface area contributed by atoms with Crippen molar-refractivity contribution in [1.82, 2.24) is 20.2 Å². The van der Waals surface area contributed by atoms with Gasteiger partial charge in [-0.3, -0.25) is 10.1 Å². The summed E-state index contributed by atoms with van der Waals surface area (Å²) in [7, 11) is 0. The molecule has 2 aromatic heterocycles. The lowest BCUT2D eigenvalue weighted by molar-refractivity contribution is 0.747. The largest absolute Gasteiger partial charge is 0.354 e. The van der Waals surface area contributed by atoms with E-state index in [-0.39, 0.29) is 0 Å². The number of benzene rings is 1. The minimum atomic E-state index is 0.579. The standard InChI is InChI=1S/C21H23N7/c1-3-15(13-22-2)9-11-23-21-24-19-18-17(26-27-19)10-12-28(20(18)25-21)14-16-7-5-4-6-8-16/h3-8,13H,1-2,9-12,14H2,(H2,23,24,25,26,27)/b15-13+. The molecule has 4 rings (SSSR count). The summed E-state index contributed by atoms with van der Waals surface area (Å²) in [6, 6.07) is 10.4. The summed E-state index contributed by atoms with van der Waals surface area (Å²) in [5.41, 5.74) is 4.08. The molecule has 7 heteroatoms. The van der Waals surface area contributed by atoms with Crippen molar-refractivity contribution < 1.29 is 0 Å². The van der Waals surface area contributed by atoms with Gasteiger partial charge in [0.15, 0.2) is 5.65 Å². The second-order valence-corrected chi connectivity index (χ2v) is 6.70. The van der Waals surface area contributed by atoms with Crippen LogP contribution in [-0.2, 0) is 13.0 Å². The van der Waals surface area contributed by atoms with Crippen molar-refractivity contribution >= 4 is 29.5 Å². The molecule has 0 spiro atoms. The molecule has 0 saturated carbocycles. The molecule has 0 fully saturated rings. The first-order chi connectivity index (χ1) is 13.8. The highest BCUT2D eigenvalue weighted by molar-refractivity contribution is 5.91. The first-order valence-corrected chi connectivity index (χ1v) is 9.33. The van der Waals surface area contributed by atoms with Crippen LogP contribution < -0.4 is 10.2 Å². The number of aliphatic imine (C=N–C) groups is 1.